The molecule has 2 rings (SSSR count). The molecule has 0 aromatic heterocycles. The molecule has 1 aliphatic heterocycles. The summed E-state index contributed by atoms with van der Waals surface area (Å²) in [4.78, 5) is 22.1. The molecule has 1 aromatic carbocycles. The average Bonchev–Trinajstić information content (AvgIpc) is 2.15. The number of fused-ring (bicyclic) bond motifs is 1. The maximum atomic E-state index is 11.5. The molecule has 1 amide bonds. The Labute approximate surface area is 90.9 Å². The minimum absolute atomic E-state index is 0.00116. The topological polar surface area (TPSA) is 101 Å². The number of carbonyl (C=O) groups is 2. The lowest BCUT2D eigenvalue weighted by molar-refractivity contribution is -0.142. The molecule has 7 heteroatoms. The van der Waals surface area contributed by atoms with E-state index in [-0.39, 0.29) is 10.5 Å². The summed E-state index contributed by atoms with van der Waals surface area (Å²) in [6.45, 7) is 0. The number of amides is 1. The Hall–Kier alpha value is -1.89. The van der Waals surface area contributed by atoms with Crippen molar-refractivity contribution >= 4 is 21.9 Å². The van der Waals surface area contributed by atoms with Gasteiger partial charge in [0, 0.05) is 0 Å². The predicted molar refractivity (Wildman–Crippen MR) is 52.1 cm³/mol. The van der Waals surface area contributed by atoms with Crippen LogP contribution in [-0.4, -0.2) is 25.4 Å². The molecule has 84 valence electrons. The number of hydrogen-bond acceptors (Lipinski definition) is 4. The lowest BCUT2D eigenvalue weighted by Crippen LogP contribution is -2.42. The Morgan fingerprint density at radius 2 is 1.94 bits per heavy atom. The molecule has 1 aliphatic rings. The molecular formula is C9H7NO5S. The number of carboxylic acid groups (broad SMARTS) is 1. The molecule has 0 aliphatic carbocycles. The van der Waals surface area contributed by atoms with E-state index in [1.807, 2.05) is 0 Å². The van der Waals surface area contributed by atoms with Crippen LogP contribution in [0, 0.1) is 0 Å². The van der Waals surface area contributed by atoms with Gasteiger partial charge in [-0.2, -0.15) is 0 Å². The maximum Gasteiger partial charge on any atom is 0.320 e. The fraction of sp³-hybridized carbons (Fsp3) is 0.111. The van der Waals surface area contributed by atoms with Gasteiger partial charge in [0.15, 0.2) is 5.92 Å². The van der Waals surface area contributed by atoms with Gasteiger partial charge in [-0.15, -0.1) is 0 Å². The first-order valence-corrected chi connectivity index (χ1v) is 5.80. The van der Waals surface area contributed by atoms with E-state index in [4.69, 9.17) is 5.11 Å². The highest BCUT2D eigenvalue weighted by Gasteiger charge is 2.40. The van der Waals surface area contributed by atoms with Crippen molar-refractivity contribution in [2.45, 2.75) is 10.8 Å². The predicted octanol–water partition coefficient (Wildman–Crippen LogP) is -0.327. The van der Waals surface area contributed by atoms with Crippen molar-refractivity contribution in [3.05, 3.63) is 29.8 Å². The van der Waals surface area contributed by atoms with Gasteiger partial charge in [-0.1, -0.05) is 18.2 Å². The third-order valence-corrected chi connectivity index (χ3v) is 3.68. The number of hydrogen-bond donors (Lipinski definition) is 2. The summed E-state index contributed by atoms with van der Waals surface area (Å²) in [5, 5.41) is 8.87. The zero-order valence-corrected chi connectivity index (χ0v) is 8.69. The molecule has 1 atom stereocenters. The molecule has 2 N–H and O–H groups in total. The number of carboxylic acids is 1. The summed E-state index contributed by atoms with van der Waals surface area (Å²) in [5.74, 6) is -3.88. The largest absolute Gasteiger partial charge is 0.480 e. The Morgan fingerprint density at radius 3 is 2.56 bits per heavy atom. The van der Waals surface area contributed by atoms with Gasteiger partial charge in [-0.3, -0.25) is 9.59 Å². The average molecular weight is 241 g/mol. The molecule has 0 spiro atoms. The highest BCUT2D eigenvalue weighted by Crippen LogP contribution is 2.28. The first kappa shape index (κ1) is 10.6. The summed E-state index contributed by atoms with van der Waals surface area (Å²) in [5.41, 5.74) is -0.00116. The van der Waals surface area contributed by atoms with E-state index in [1.165, 1.54) is 24.3 Å². The molecule has 16 heavy (non-hydrogen) atoms. The van der Waals surface area contributed by atoms with Crippen LogP contribution < -0.4 is 4.72 Å². The van der Waals surface area contributed by atoms with Crippen LogP contribution >= 0.6 is 0 Å². The highest BCUT2D eigenvalue weighted by atomic mass is 32.2. The van der Waals surface area contributed by atoms with Crippen molar-refractivity contribution in [1.29, 1.82) is 0 Å². The molecule has 0 bridgehead atoms. The molecule has 0 radical (unpaired) electrons. The van der Waals surface area contributed by atoms with E-state index >= 15 is 0 Å². The lowest BCUT2D eigenvalue weighted by Gasteiger charge is -2.21. The van der Waals surface area contributed by atoms with Gasteiger partial charge in [0.05, 0.1) is 4.90 Å². The fourth-order valence-electron chi connectivity index (χ4n) is 1.60. The Bertz CT molecular complexity index is 577. The van der Waals surface area contributed by atoms with Crippen molar-refractivity contribution in [2.24, 2.45) is 0 Å². The molecule has 1 unspecified atom stereocenters. The van der Waals surface area contributed by atoms with Gasteiger partial charge in [0.25, 0.3) is 15.9 Å². The van der Waals surface area contributed by atoms with E-state index < -0.39 is 27.8 Å². The van der Waals surface area contributed by atoms with E-state index in [1.54, 1.807) is 4.72 Å². The Balaban J connectivity index is 2.73. The van der Waals surface area contributed by atoms with Crippen LogP contribution in [0.5, 0.6) is 0 Å². The summed E-state index contributed by atoms with van der Waals surface area (Å²) >= 11 is 0. The van der Waals surface area contributed by atoms with Gasteiger partial charge in [0.2, 0.25) is 0 Å². The van der Waals surface area contributed by atoms with E-state index in [0.717, 1.165) is 0 Å². The van der Waals surface area contributed by atoms with Gasteiger partial charge in [-0.05, 0) is 11.6 Å². The summed E-state index contributed by atoms with van der Waals surface area (Å²) in [6, 6.07) is 5.54. The fourth-order valence-corrected chi connectivity index (χ4v) is 2.84. The van der Waals surface area contributed by atoms with Crippen molar-refractivity contribution in [3.8, 4) is 0 Å². The van der Waals surface area contributed by atoms with E-state index in [2.05, 4.69) is 0 Å². The van der Waals surface area contributed by atoms with Crippen LogP contribution in [0.15, 0.2) is 29.2 Å². The smallest absolute Gasteiger partial charge is 0.320 e. The Morgan fingerprint density at radius 1 is 1.31 bits per heavy atom. The molecular weight excluding hydrogens is 234 g/mol. The third-order valence-electron chi connectivity index (χ3n) is 2.26. The first-order valence-electron chi connectivity index (χ1n) is 4.32. The molecule has 1 heterocycles. The minimum Gasteiger partial charge on any atom is -0.480 e. The van der Waals surface area contributed by atoms with Crippen molar-refractivity contribution in [2.75, 3.05) is 0 Å². The van der Waals surface area contributed by atoms with E-state index in [0.29, 0.717) is 0 Å². The standard InChI is InChI=1S/C9H7NO5S/c11-8-7(9(12)13)5-3-1-2-4-6(5)16(14,15)10-8/h1-4,7H,(H,10,11)(H,12,13). The number of aliphatic carboxylic acids is 1. The molecule has 0 fully saturated rings. The zero-order valence-electron chi connectivity index (χ0n) is 7.88. The van der Waals surface area contributed by atoms with Crippen LogP contribution in [-0.2, 0) is 19.6 Å². The Kier molecular flexibility index (Phi) is 2.20. The highest BCUT2D eigenvalue weighted by molar-refractivity contribution is 7.90. The van der Waals surface area contributed by atoms with Crippen LogP contribution in [0.2, 0.25) is 0 Å². The van der Waals surface area contributed by atoms with Gasteiger partial charge >= 0.3 is 5.97 Å². The first-order chi connectivity index (χ1) is 7.43. The summed E-state index contributed by atoms with van der Waals surface area (Å²) in [6.07, 6.45) is 0. The number of nitrogens with one attached hydrogen (secondary N) is 1. The van der Waals surface area contributed by atoms with Crippen LogP contribution in [0.25, 0.3) is 0 Å². The number of benzene rings is 1. The lowest BCUT2D eigenvalue weighted by atomic mass is 9.98. The molecule has 1 aromatic rings. The van der Waals surface area contributed by atoms with Gasteiger partial charge < -0.3 is 5.11 Å². The van der Waals surface area contributed by atoms with Gasteiger partial charge in [0.1, 0.15) is 0 Å². The second kappa shape index (κ2) is 3.31. The number of rotatable bonds is 1. The van der Waals surface area contributed by atoms with Crippen molar-refractivity contribution in [1.82, 2.24) is 4.72 Å². The monoisotopic (exact) mass is 241 g/mol. The molecule has 6 nitrogen and oxygen atoms in total. The second-order valence-corrected chi connectivity index (χ2v) is 4.93. The number of sulfonamides is 1. The van der Waals surface area contributed by atoms with Crippen LogP contribution in [0.3, 0.4) is 0 Å². The normalized spacial score (nSPS) is 22.0. The second-order valence-electron chi connectivity index (χ2n) is 3.28. The molecule has 0 saturated carbocycles. The van der Waals surface area contributed by atoms with E-state index in [9.17, 15) is 18.0 Å². The number of carbonyl (C=O) groups excluding carboxylic acids is 1. The van der Waals surface area contributed by atoms with Gasteiger partial charge in [-0.25, -0.2) is 13.1 Å². The minimum atomic E-state index is -3.92. The molecule has 0 saturated heterocycles. The summed E-state index contributed by atoms with van der Waals surface area (Å²) in [7, 11) is -3.92. The maximum absolute atomic E-state index is 11.5. The summed E-state index contributed by atoms with van der Waals surface area (Å²) < 4.78 is 24.7. The zero-order chi connectivity index (χ0) is 11.9. The quantitative estimate of drug-likeness (QED) is 0.656. The SMILES string of the molecule is O=C(O)C1C(=O)NS(=O)(=O)c2ccccc21. The third kappa shape index (κ3) is 1.45. The van der Waals surface area contributed by atoms with Crippen LogP contribution in [0.1, 0.15) is 11.5 Å². The van der Waals surface area contributed by atoms with Crippen LogP contribution in [0.4, 0.5) is 0 Å². The van der Waals surface area contributed by atoms with Crippen molar-refractivity contribution in [3.63, 3.8) is 0 Å². The van der Waals surface area contributed by atoms with Crippen molar-refractivity contribution < 1.29 is 23.1 Å².